The number of imide groups is 1. The molecule has 4 atom stereocenters. The van der Waals surface area contributed by atoms with Gasteiger partial charge in [-0.1, -0.05) is 11.6 Å². The number of likely N-dealkylation sites (tertiary alicyclic amines) is 1. The zero-order chi connectivity index (χ0) is 21.7. The van der Waals surface area contributed by atoms with Gasteiger partial charge in [0.05, 0.1) is 17.8 Å². The number of benzene rings is 1. The van der Waals surface area contributed by atoms with Gasteiger partial charge in [-0.15, -0.1) is 0 Å². The molecule has 0 radical (unpaired) electrons. The van der Waals surface area contributed by atoms with E-state index in [2.05, 4.69) is 0 Å². The lowest BCUT2D eigenvalue weighted by Gasteiger charge is -2.33. The highest BCUT2D eigenvalue weighted by molar-refractivity contribution is 6.30. The van der Waals surface area contributed by atoms with Crippen LogP contribution in [0.25, 0.3) is 0 Å². The first-order chi connectivity index (χ1) is 14.9. The van der Waals surface area contributed by atoms with Crippen molar-refractivity contribution < 1.29 is 23.9 Å². The predicted octanol–water partition coefficient (Wildman–Crippen LogP) is 3.66. The number of Topliss-reactive ketones (excluding diaryl/α,β-unsaturated/α-hetero) is 1. The number of amides is 2. The van der Waals surface area contributed by atoms with Gasteiger partial charge >= 0.3 is 5.97 Å². The highest BCUT2D eigenvalue weighted by Crippen LogP contribution is 2.56. The molecule has 1 aliphatic heterocycles. The summed E-state index contributed by atoms with van der Waals surface area (Å²) in [5.41, 5.74) is 0.450. The summed E-state index contributed by atoms with van der Waals surface area (Å²) in [7, 11) is 0. The Balaban J connectivity index is 1.13. The molecule has 3 aliphatic carbocycles. The van der Waals surface area contributed by atoms with Crippen LogP contribution >= 0.6 is 11.6 Å². The van der Waals surface area contributed by atoms with Crippen molar-refractivity contribution in [3.8, 4) is 0 Å². The number of ketones is 1. The summed E-state index contributed by atoms with van der Waals surface area (Å²) in [5, 5.41) is 0.538. The van der Waals surface area contributed by atoms with Crippen LogP contribution in [0.15, 0.2) is 24.3 Å². The van der Waals surface area contributed by atoms with Crippen LogP contribution in [0, 0.1) is 29.6 Å². The molecule has 0 N–H and O–H groups in total. The molecule has 5 rings (SSSR count). The SMILES string of the molecule is O=C(COC(=O)C1CCC(N2C(=O)[C@@H]3[C@@H]4CC[C@H](C4)[C@@H]3C2=O)CC1)c1ccc(Cl)cc1. The second kappa shape index (κ2) is 8.05. The number of hydrogen-bond donors (Lipinski definition) is 0. The first kappa shape index (κ1) is 20.7. The second-order valence-corrected chi connectivity index (χ2v) is 9.91. The van der Waals surface area contributed by atoms with Crippen molar-refractivity contribution in [1.82, 2.24) is 4.90 Å². The molecular formula is C24H26ClNO5. The highest BCUT2D eigenvalue weighted by atomic mass is 35.5. The van der Waals surface area contributed by atoms with Gasteiger partial charge in [0.1, 0.15) is 0 Å². The number of rotatable bonds is 5. The van der Waals surface area contributed by atoms with Gasteiger partial charge in [-0.05, 0) is 81.0 Å². The van der Waals surface area contributed by atoms with Crippen LogP contribution in [0.1, 0.15) is 55.3 Å². The van der Waals surface area contributed by atoms with E-state index in [1.54, 1.807) is 29.2 Å². The Morgan fingerprint density at radius 3 is 2.06 bits per heavy atom. The second-order valence-electron chi connectivity index (χ2n) is 9.47. The number of ether oxygens (including phenoxy) is 1. The lowest BCUT2D eigenvalue weighted by molar-refractivity contribution is -0.149. The average Bonchev–Trinajstić information content (AvgIpc) is 3.46. The fourth-order valence-electron chi connectivity index (χ4n) is 6.34. The first-order valence-electron chi connectivity index (χ1n) is 11.3. The van der Waals surface area contributed by atoms with E-state index in [1.807, 2.05) is 0 Å². The van der Waals surface area contributed by atoms with Gasteiger partial charge in [0.15, 0.2) is 12.4 Å². The molecule has 31 heavy (non-hydrogen) atoms. The smallest absolute Gasteiger partial charge is 0.309 e. The van der Waals surface area contributed by atoms with Crippen molar-refractivity contribution in [1.29, 1.82) is 0 Å². The molecule has 4 fully saturated rings. The van der Waals surface area contributed by atoms with E-state index in [9.17, 15) is 19.2 Å². The number of fused-ring (bicyclic) bond motifs is 5. The molecule has 0 unspecified atom stereocenters. The number of nitrogens with zero attached hydrogens (tertiary/aromatic N) is 1. The van der Waals surface area contributed by atoms with E-state index < -0.39 is 0 Å². The Kier molecular flexibility index (Phi) is 5.37. The van der Waals surface area contributed by atoms with Gasteiger partial charge in [-0.3, -0.25) is 24.1 Å². The number of esters is 1. The number of carbonyl (C=O) groups excluding carboxylic acids is 4. The van der Waals surface area contributed by atoms with Crippen molar-refractivity contribution in [2.75, 3.05) is 6.61 Å². The zero-order valence-corrected chi connectivity index (χ0v) is 18.1. The maximum atomic E-state index is 13.0. The summed E-state index contributed by atoms with van der Waals surface area (Å²) in [4.78, 5) is 52.2. The van der Waals surface area contributed by atoms with Crippen LogP contribution in [-0.2, 0) is 19.1 Å². The van der Waals surface area contributed by atoms with Crippen LogP contribution in [0.2, 0.25) is 5.02 Å². The molecular weight excluding hydrogens is 418 g/mol. The van der Waals surface area contributed by atoms with Crippen molar-refractivity contribution >= 4 is 35.2 Å². The normalized spacial score (nSPS) is 34.2. The molecule has 7 heteroatoms. The predicted molar refractivity (Wildman–Crippen MR) is 112 cm³/mol. The third kappa shape index (κ3) is 3.59. The fourth-order valence-corrected chi connectivity index (χ4v) is 6.46. The maximum absolute atomic E-state index is 13.0. The minimum absolute atomic E-state index is 0.0294. The monoisotopic (exact) mass is 443 g/mol. The molecule has 4 aliphatic rings. The summed E-state index contributed by atoms with van der Waals surface area (Å²) in [6, 6.07) is 6.35. The third-order valence-corrected chi connectivity index (χ3v) is 8.12. The highest BCUT2D eigenvalue weighted by Gasteiger charge is 2.61. The lowest BCUT2D eigenvalue weighted by atomic mass is 9.81. The Morgan fingerprint density at radius 2 is 1.48 bits per heavy atom. The van der Waals surface area contributed by atoms with Crippen LogP contribution in [0.3, 0.4) is 0 Å². The largest absolute Gasteiger partial charge is 0.457 e. The van der Waals surface area contributed by atoms with Gasteiger partial charge in [0.25, 0.3) is 0 Å². The Labute approximate surface area is 186 Å². The standard InChI is InChI=1S/C24H26ClNO5/c25-17-7-3-13(4-8-17)19(27)12-31-24(30)14-5-9-18(10-6-14)26-22(28)20-15-1-2-16(11-15)21(20)23(26)29/h3-4,7-8,14-16,18,20-21H,1-2,5-6,9-12H2/t14?,15-,16-,18?,20-,21+/m1/s1. The van der Waals surface area contributed by atoms with E-state index >= 15 is 0 Å². The number of carbonyl (C=O) groups is 4. The van der Waals surface area contributed by atoms with Crippen LogP contribution in [0.5, 0.6) is 0 Å². The van der Waals surface area contributed by atoms with Crippen LogP contribution in [0.4, 0.5) is 0 Å². The van der Waals surface area contributed by atoms with Gasteiger partial charge < -0.3 is 4.74 Å². The van der Waals surface area contributed by atoms with Crippen LogP contribution in [-0.4, -0.2) is 41.1 Å². The molecule has 1 aromatic carbocycles. The van der Waals surface area contributed by atoms with E-state index in [0.717, 1.165) is 19.3 Å². The van der Waals surface area contributed by atoms with Crippen molar-refractivity contribution in [3.63, 3.8) is 0 Å². The summed E-state index contributed by atoms with van der Waals surface area (Å²) < 4.78 is 5.26. The maximum Gasteiger partial charge on any atom is 0.309 e. The van der Waals surface area contributed by atoms with Gasteiger partial charge in [0, 0.05) is 16.6 Å². The van der Waals surface area contributed by atoms with E-state index in [4.69, 9.17) is 16.3 Å². The molecule has 1 heterocycles. The van der Waals surface area contributed by atoms with E-state index in [0.29, 0.717) is 48.1 Å². The third-order valence-electron chi connectivity index (χ3n) is 7.87. The number of halogens is 1. The molecule has 6 nitrogen and oxygen atoms in total. The van der Waals surface area contributed by atoms with Crippen molar-refractivity contribution in [2.45, 2.75) is 51.0 Å². The van der Waals surface area contributed by atoms with Gasteiger partial charge in [-0.2, -0.15) is 0 Å². The molecule has 0 spiro atoms. The summed E-state index contributed by atoms with van der Waals surface area (Å²) in [6.07, 6.45) is 5.57. The minimum Gasteiger partial charge on any atom is -0.457 e. The van der Waals surface area contributed by atoms with Gasteiger partial charge in [0.2, 0.25) is 11.8 Å². The molecule has 0 aromatic heterocycles. The topological polar surface area (TPSA) is 80.8 Å². The molecule has 1 saturated heterocycles. The van der Waals surface area contributed by atoms with Crippen molar-refractivity contribution in [3.05, 3.63) is 34.9 Å². The first-order valence-corrected chi connectivity index (χ1v) is 11.6. The average molecular weight is 444 g/mol. The van der Waals surface area contributed by atoms with Crippen molar-refractivity contribution in [2.24, 2.45) is 29.6 Å². The molecule has 2 amide bonds. The van der Waals surface area contributed by atoms with Gasteiger partial charge in [-0.25, -0.2) is 0 Å². The molecule has 2 bridgehead atoms. The summed E-state index contributed by atoms with van der Waals surface area (Å²) in [5.74, 6) is -0.285. The Bertz CT molecular complexity index is 892. The summed E-state index contributed by atoms with van der Waals surface area (Å²) >= 11 is 5.82. The fraction of sp³-hybridized carbons (Fsp3) is 0.583. The van der Waals surface area contributed by atoms with E-state index in [-0.39, 0.29) is 54.0 Å². The summed E-state index contributed by atoms with van der Waals surface area (Å²) in [6.45, 7) is -0.296. The Morgan fingerprint density at radius 1 is 0.903 bits per heavy atom. The number of hydrogen-bond acceptors (Lipinski definition) is 5. The quantitative estimate of drug-likeness (QED) is 0.394. The Hall–Kier alpha value is -2.21. The zero-order valence-electron chi connectivity index (χ0n) is 17.3. The molecule has 164 valence electrons. The minimum atomic E-state index is -0.380. The molecule has 1 aromatic rings. The lowest BCUT2D eigenvalue weighted by Crippen LogP contribution is -2.44. The molecule has 3 saturated carbocycles. The van der Waals surface area contributed by atoms with Crippen LogP contribution < -0.4 is 0 Å². The van der Waals surface area contributed by atoms with E-state index in [1.165, 1.54) is 0 Å².